The maximum absolute atomic E-state index is 12.3. The second-order valence-corrected chi connectivity index (χ2v) is 12.7. The quantitative estimate of drug-likeness (QED) is 0.0751. The molecule has 1 N–H and O–H groups in total. The number of carbonyl (C=O) groups is 2. The zero-order valence-electron chi connectivity index (χ0n) is 33.8. The summed E-state index contributed by atoms with van der Waals surface area (Å²) < 4.78 is 65.4. The number of nitrogens with one attached hydrogen (secondary N) is 1. The first-order valence-electron chi connectivity index (χ1n) is 20.2. The Morgan fingerprint density at radius 2 is 0.825 bits per heavy atom. The predicted octanol–water partition coefficient (Wildman–Crippen LogP) is 4.42. The maximum Gasteiger partial charge on any atom is 0.407 e. The molecule has 0 unspecified atom stereocenters. The molecule has 2 aromatic carbocycles. The first kappa shape index (κ1) is 48.2. The van der Waals surface area contributed by atoms with E-state index in [1.54, 1.807) is 0 Å². The molecular formula is C42H65NO14. The average Bonchev–Trinajstić information content (AvgIpc) is 3.55. The van der Waals surface area contributed by atoms with Crippen LogP contribution < -0.4 is 5.32 Å². The van der Waals surface area contributed by atoms with Gasteiger partial charge in [-0.3, -0.25) is 4.79 Å². The molecule has 0 atom stereocenters. The maximum atomic E-state index is 12.3. The number of benzene rings is 2. The van der Waals surface area contributed by atoms with Gasteiger partial charge in [-0.05, 0) is 35.1 Å². The lowest BCUT2D eigenvalue weighted by molar-refractivity contribution is -0.145. The van der Waals surface area contributed by atoms with Gasteiger partial charge in [-0.1, -0.05) is 55.5 Å². The molecular weight excluding hydrogens is 742 g/mol. The zero-order valence-corrected chi connectivity index (χ0v) is 33.8. The fourth-order valence-corrected chi connectivity index (χ4v) is 5.59. The molecule has 3 rings (SSSR count). The molecule has 57 heavy (non-hydrogen) atoms. The molecule has 1 aliphatic carbocycles. The Morgan fingerprint density at radius 3 is 1.21 bits per heavy atom. The topological polar surface area (TPSA) is 157 Å². The van der Waals surface area contributed by atoms with Crippen molar-refractivity contribution < 1.29 is 66.4 Å². The standard InChI is InChI=1S/C42H65NO14/c1-2-8-41(44)56-34-33-55-32-31-54-30-29-53-28-27-52-26-25-51-24-23-50-22-21-49-20-19-48-18-17-47-16-15-46-14-7-13-43-42(45)57-35-40-38-11-5-3-9-36(38)37-10-4-6-12-39(37)40/h3-6,9-12,40H,2,7-8,13-35H2,1H3,(H,43,45). The number of esters is 1. The van der Waals surface area contributed by atoms with Gasteiger partial charge < -0.3 is 62.2 Å². The largest absolute Gasteiger partial charge is 0.463 e. The first-order valence-corrected chi connectivity index (χ1v) is 20.2. The lowest BCUT2D eigenvalue weighted by Crippen LogP contribution is -2.27. The summed E-state index contributed by atoms with van der Waals surface area (Å²) in [6.07, 6.45) is 1.48. The molecule has 15 heteroatoms. The molecule has 1 amide bonds. The molecule has 0 aliphatic heterocycles. The van der Waals surface area contributed by atoms with Gasteiger partial charge in [-0.15, -0.1) is 0 Å². The van der Waals surface area contributed by atoms with Gasteiger partial charge in [0.1, 0.15) is 13.2 Å². The van der Waals surface area contributed by atoms with Gasteiger partial charge in [0, 0.05) is 25.5 Å². The van der Waals surface area contributed by atoms with Crippen LogP contribution in [-0.4, -0.2) is 164 Å². The van der Waals surface area contributed by atoms with Crippen LogP contribution in [0.15, 0.2) is 48.5 Å². The minimum Gasteiger partial charge on any atom is -0.463 e. The Kier molecular flexibility index (Phi) is 28.5. The van der Waals surface area contributed by atoms with Crippen LogP contribution >= 0.6 is 0 Å². The summed E-state index contributed by atoms with van der Waals surface area (Å²) in [7, 11) is 0. The van der Waals surface area contributed by atoms with E-state index in [1.807, 2.05) is 31.2 Å². The van der Waals surface area contributed by atoms with E-state index in [1.165, 1.54) is 22.3 Å². The second kappa shape index (κ2) is 33.7. The van der Waals surface area contributed by atoms with Crippen LogP contribution in [0.5, 0.6) is 0 Å². The van der Waals surface area contributed by atoms with Crippen LogP contribution in [0.1, 0.15) is 43.2 Å². The van der Waals surface area contributed by atoms with Crippen LogP contribution in [-0.2, 0) is 61.6 Å². The fraction of sp³-hybridized carbons (Fsp3) is 0.667. The van der Waals surface area contributed by atoms with Gasteiger partial charge in [0.2, 0.25) is 0 Å². The van der Waals surface area contributed by atoms with Gasteiger partial charge in [-0.2, -0.15) is 0 Å². The molecule has 0 spiro atoms. The van der Waals surface area contributed by atoms with Gasteiger partial charge in [0.15, 0.2) is 0 Å². The van der Waals surface area contributed by atoms with Gasteiger partial charge in [0.25, 0.3) is 0 Å². The Labute approximate surface area is 338 Å². The summed E-state index contributed by atoms with van der Waals surface area (Å²) in [6, 6.07) is 16.6. The Balaban J connectivity index is 0.936. The van der Waals surface area contributed by atoms with Crippen LogP contribution in [0, 0.1) is 0 Å². The number of amides is 1. The first-order chi connectivity index (χ1) is 28.2. The summed E-state index contributed by atoms with van der Waals surface area (Å²) in [6.45, 7) is 12.5. The molecule has 2 aromatic rings. The van der Waals surface area contributed by atoms with E-state index in [0.717, 1.165) is 6.42 Å². The third-order valence-electron chi connectivity index (χ3n) is 8.37. The summed E-state index contributed by atoms with van der Waals surface area (Å²) in [4.78, 5) is 23.5. The molecule has 0 aromatic heterocycles. The van der Waals surface area contributed by atoms with E-state index in [-0.39, 0.29) is 18.5 Å². The Morgan fingerprint density at radius 1 is 0.474 bits per heavy atom. The van der Waals surface area contributed by atoms with Crippen molar-refractivity contribution in [2.24, 2.45) is 0 Å². The monoisotopic (exact) mass is 807 g/mol. The van der Waals surface area contributed by atoms with Crippen LogP contribution in [0.3, 0.4) is 0 Å². The second-order valence-electron chi connectivity index (χ2n) is 12.7. The molecule has 0 saturated carbocycles. The molecule has 0 fully saturated rings. The Bertz CT molecular complexity index is 1260. The molecule has 0 heterocycles. The molecule has 322 valence electrons. The number of fused-ring (bicyclic) bond motifs is 3. The van der Waals surface area contributed by atoms with Crippen LogP contribution in [0.25, 0.3) is 11.1 Å². The highest BCUT2D eigenvalue weighted by molar-refractivity contribution is 5.79. The highest BCUT2D eigenvalue weighted by atomic mass is 16.6. The number of hydrogen-bond acceptors (Lipinski definition) is 14. The van der Waals surface area contributed by atoms with Crippen molar-refractivity contribution in [3.8, 4) is 11.1 Å². The van der Waals surface area contributed by atoms with Crippen molar-refractivity contribution in [2.75, 3.05) is 152 Å². The van der Waals surface area contributed by atoms with Crippen LogP contribution in [0.2, 0.25) is 0 Å². The average molecular weight is 808 g/mol. The van der Waals surface area contributed by atoms with Gasteiger partial charge in [0.05, 0.1) is 126 Å². The Hall–Kier alpha value is -3.22. The predicted molar refractivity (Wildman–Crippen MR) is 212 cm³/mol. The van der Waals surface area contributed by atoms with Gasteiger partial charge >= 0.3 is 12.1 Å². The van der Waals surface area contributed by atoms with Crippen molar-refractivity contribution in [2.45, 2.75) is 32.1 Å². The van der Waals surface area contributed by atoms with E-state index in [0.29, 0.717) is 158 Å². The lowest BCUT2D eigenvalue weighted by Gasteiger charge is -2.14. The minimum atomic E-state index is -0.418. The third kappa shape index (κ3) is 23.1. The smallest absolute Gasteiger partial charge is 0.407 e. The minimum absolute atomic E-state index is 0.0464. The van der Waals surface area contributed by atoms with Crippen molar-refractivity contribution in [1.82, 2.24) is 5.32 Å². The van der Waals surface area contributed by atoms with E-state index in [9.17, 15) is 9.59 Å². The number of hydrogen-bond donors (Lipinski definition) is 1. The van der Waals surface area contributed by atoms with Crippen molar-refractivity contribution in [3.63, 3.8) is 0 Å². The van der Waals surface area contributed by atoms with Crippen LogP contribution in [0.4, 0.5) is 4.79 Å². The van der Waals surface area contributed by atoms with E-state index < -0.39 is 6.09 Å². The number of carbonyl (C=O) groups excluding carboxylic acids is 2. The third-order valence-corrected chi connectivity index (χ3v) is 8.37. The highest BCUT2D eigenvalue weighted by Crippen LogP contribution is 2.44. The summed E-state index contributed by atoms with van der Waals surface area (Å²) in [5, 5.41) is 2.80. The fourth-order valence-electron chi connectivity index (χ4n) is 5.59. The highest BCUT2D eigenvalue weighted by Gasteiger charge is 2.28. The zero-order chi connectivity index (χ0) is 40.3. The van der Waals surface area contributed by atoms with Crippen molar-refractivity contribution in [3.05, 3.63) is 59.7 Å². The normalized spacial score (nSPS) is 12.1. The molecule has 0 bridgehead atoms. The number of rotatable bonds is 38. The number of ether oxygens (including phenoxy) is 12. The molecule has 0 saturated heterocycles. The summed E-state index contributed by atoms with van der Waals surface area (Å²) in [5.74, 6) is -0.146. The summed E-state index contributed by atoms with van der Waals surface area (Å²) >= 11 is 0. The van der Waals surface area contributed by atoms with E-state index >= 15 is 0 Å². The lowest BCUT2D eigenvalue weighted by atomic mass is 9.98. The SMILES string of the molecule is CCCC(=O)OCCOCCOCCOCCOCCOCCOCCOCCOCCOCCOCCCNC(=O)OCC1c2ccccc2-c2ccccc21. The van der Waals surface area contributed by atoms with E-state index in [2.05, 4.69) is 29.6 Å². The van der Waals surface area contributed by atoms with E-state index in [4.69, 9.17) is 56.8 Å². The molecule has 1 aliphatic rings. The number of alkyl carbamates (subject to hydrolysis) is 1. The molecule has 15 nitrogen and oxygen atoms in total. The van der Waals surface area contributed by atoms with Crippen molar-refractivity contribution >= 4 is 12.1 Å². The van der Waals surface area contributed by atoms with Crippen molar-refractivity contribution in [1.29, 1.82) is 0 Å². The van der Waals surface area contributed by atoms with Gasteiger partial charge in [-0.25, -0.2) is 4.79 Å². The summed E-state index contributed by atoms with van der Waals surface area (Å²) in [5.41, 5.74) is 4.80. The molecule has 0 radical (unpaired) electrons.